The molecule has 2 aromatic rings. The Bertz CT molecular complexity index is 874. The van der Waals surface area contributed by atoms with Gasteiger partial charge >= 0.3 is 0 Å². The smallest absolute Gasteiger partial charge is 0.235 e. The van der Waals surface area contributed by atoms with E-state index < -0.39 is 0 Å². The standard InChI is InChI=1S/C19H17N3O4/c1-21(12-23)14-8-6-13(7-9-14)20-19(15-4-2-3-5-16(15)24)22-17(25)10-11-18(22)26/h2-9,12,24H,10-11H2,1H3/b20-19-. The second-order valence-corrected chi connectivity index (χ2v) is 5.81. The third-order valence-electron chi connectivity index (χ3n) is 4.06. The molecule has 0 radical (unpaired) electrons. The number of nitrogens with zero attached hydrogens (tertiary/aromatic N) is 3. The predicted octanol–water partition coefficient (Wildman–Crippen LogP) is 2.21. The zero-order valence-corrected chi connectivity index (χ0v) is 14.1. The van der Waals surface area contributed by atoms with Crippen molar-refractivity contribution < 1.29 is 19.5 Å². The molecular weight excluding hydrogens is 334 g/mol. The first-order chi connectivity index (χ1) is 12.5. The number of para-hydroxylation sites is 1. The van der Waals surface area contributed by atoms with E-state index in [1.54, 1.807) is 49.5 Å². The lowest BCUT2D eigenvalue weighted by atomic mass is 10.1. The highest BCUT2D eigenvalue weighted by atomic mass is 16.3. The summed E-state index contributed by atoms with van der Waals surface area (Å²) in [5.41, 5.74) is 1.46. The maximum absolute atomic E-state index is 12.2. The number of aromatic hydroxyl groups is 1. The zero-order chi connectivity index (χ0) is 18.7. The fraction of sp³-hybridized carbons (Fsp3) is 0.158. The number of carbonyl (C=O) groups is 3. The molecule has 7 heteroatoms. The molecule has 3 rings (SSSR count). The first-order valence-electron chi connectivity index (χ1n) is 8.02. The summed E-state index contributed by atoms with van der Waals surface area (Å²) in [7, 11) is 1.63. The second-order valence-electron chi connectivity index (χ2n) is 5.81. The number of rotatable bonds is 4. The molecule has 1 heterocycles. The van der Waals surface area contributed by atoms with Crippen molar-refractivity contribution in [3.63, 3.8) is 0 Å². The molecule has 0 aliphatic carbocycles. The molecule has 1 aliphatic rings. The number of amides is 3. The number of anilines is 1. The van der Waals surface area contributed by atoms with E-state index in [1.807, 2.05) is 0 Å². The average Bonchev–Trinajstić information content (AvgIpc) is 2.99. The number of aliphatic imine (C=N–C) groups is 1. The maximum atomic E-state index is 12.2. The van der Waals surface area contributed by atoms with Crippen LogP contribution in [-0.2, 0) is 14.4 Å². The van der Waals surface area contributed by atoms with Gasteiger partial charge in [0.1, 0.15) is 5.75 Å². The van der Waals surface area contributed by atoms with Gasteiger partial charge in [-0.15, -0.1) is 0 Å². The van der Waals surface area contributed by atoms with Crippen LogP contribution in [0.3, 0.4) is 0 Å². The van der Waals surface area contributed by atoms with Crippen LogP contribution < -0.4 is 4.90 Å². The molecule has 0 spiro atoms. The van der Waals surface area contributed by atoms with Gasteiger partial charge in [0.15, 0.2) is 5.84 Å². The van der Waals surface area contributed by atoms with Crippen LogP contribution in [-0.4, -0.2) is 41.1 Å². The van der Waals surface area contributed by atoms with E-state index in [-0.39, 0.29) is 36.2 Å². The van der Waals surface area contributed by atoms with E-state index in [1.165, 1.54) is 11.0 Å². The van der Waals surface area contributed by atoms with Crippen molar-refractivity contribution in [3.8, 4) is 5.75 Å². The summed E-state index contributed by atoms with van der Waals surface area (Å²) in [5.74, 6) is -0.688. The monoisotopic (exact) mass is 351 g/mol. The third kappa shape index (κ3) is 3.32. The molecule has 0 atom stereocenters. The highest BCUT2D eigenvalue weighted by Gasteiger charge is 2.34. The molecule has 26 heavy (non-hydrogen) atoms. The molecule has 7 nitrogen and oxygen atoms in total. The largest absolute Gasteiger partial charge is 0.507 e. The molecule has 3 amide bonds. The van der Waals surface area contributed by atoms with E-state index in [0.717, 1.165) is 4.90 Å². The summed E-state index contributed by atoms with van der Waals surface area (Å²) in [6.45, 7) is 0. The lowest BCUT2D eigenvalue weighted by Gasteiger charge is -2.18. The topological polar surface area (TPSA) is 90.3 Å². The SMILES string of the molecule is CN(C=O)c1ccc(/N=C(/c2ccccc2O)N2C(=O)CCC2=O)cc1. The van der Waals surface area contributed by atoms with E-state index in [9.17, 15) is 19.5 Å². The highest BCUT2D eigenvalue weighted by molar-refractivity contribution is 6.22. The maximum Gasteiger partial charge on any atom is 0.235 e. The molecule has 0 unspecified atom stereocenters. The summed E-state index contributed by atoms with van der Waals surface area (Å²) in [6, 6.07) is 13.1. The third-order valence-corrected chi connectivity index (χ3v) is 4.06. The Balaban J connectivity index is 2.07. The van der Waals surface area contributed by atoms with E-state index >= 15 is 0 Å². The van der Waals surface area contributed by atoms with Crippen LogP contribution in [0.5, 0.6) is 5.75 Å². The quantitative estimate of drug-likeness (QED) is 0.396. The van der Waals surface area contributed by atoms with Crippen LogP contribution >= 0.6 is 0 Å². The number of hydrogen-bond acceptors (Lipinski definition) is 5. The summed E-state index contributed by atoms with van der Waals surface area (Å²) in [5, 5.41) is 10.2. The number of phenolic OH excluding ortho intramolecular Hbond substituents is 1. The van der Waals surface area contributed by atoms with E-state index in [2.05, 4.69) is 4.99 Å². The zero-order valence-electron chi connectivity index (χ0n) is 14.1. The van der Waals surface area contributed by atoms with Gasteiger partial charge in [-0.1, -0.05) is 12.1 Å². The molecule has 0 aromatic heterocycles. The van der Waals surface area contributed by atoms with Crippen LogP contribution in [0, 0.1) is 0 Å². The molecule has 0 saturated carbocycles. The molecule has 1 N–H and O–H groups in total. The molecule has 1 fully saturated rings. The van der Waals surface area contributed by atoms with Crippen molar-refractivity contribution in [1.82, 2.24) is 4.90 Å². The van der Waals surface area contributed by atoms with Crippen LogP contribution in [0.1, 0.15) is 18.4 Å². The Hall–Kier alpha value is -3.48. The number of amidine groups is 1. The average molecular weight is 351 g/mol. The number of phenols is 1. The van der Waals surface area contributed by atoms with Crippen LogP contribution in [0.4, 0.5) is 11.4 Å². The van der Waals surface area contributed by atoms with Gasteiger partial charge in [-0.25, -0.2) is 9.89 Å². The summed E-state index contributed by atoms with van der Waals surface area (Å²) in [6.07, 6.45) is 0.927. The lowest BCUT2D eigenvalue weighted by Crippen LogP contribution is -2.36. The minimum atomic E-state index is -0.352. The molecule has 1 aliphatic heterocycles. The number of carbonyl (C=O) groups excluding carboxylic acids is 3. The number of imide groups is 1. The summed E-state index contributed by atoms with van der Waals surface area (Å²) >= 11 is 0. The van der Waals surface area contributed by atoms with Gasteiger partial charge < -0.3 is 10.0 Å². The Morgan fingerprint density at radius 1 is 1.08 bits per heavy atom. The minimum Gasteiger partial charge on any atom is -0.507 e. The van der Waals surface area contributed by atoms with Gasteiger partial charge in [0.2, 0.25) is 18.2 Å². The van der Waals surface area contributed by atoms with Crippen LogP contribution in [0.2, 0.25) is 0 Å². The Kier molecular flexibility index (Phi) is 4.79. The molecule has 1 saturated heterocycles. The predicted molar refractivity (Wildman–Crippen MR) is 96.3 cm³/mol. The Morgan fingerprint density at radius 3 is 2.27 bits per heavy atom. The van der Waals surface area contributed by atoms with Gasteiger partial charge in [0, 0.05) is 25.6 Å². The second kappa shape index (κ2) is 7.18. The number of hydrogen-bond donors (Lipinski definition) is 1. The van der Waals surface area contributed by atoms with Crippen molar-refractivity contribution in [2.75, 3.05) is 11.9 Å². The van der Waals surface area contributed by atoms with Gasteiger partial charge in [-0.2, -0.15) is 0 Å². The first kappa shape index (κ1) is 17.3. The highest BCUT2D eigenvalue weighted by Crippen LogP contribution is 2.26. The lowest BCUT2D eigenvalue weighted by molar-refractivity contribution is -0.133. The Labute approximate surface area is 150 Å². The summed E-state index contributed by atoms with van der Waals surface area (Å²) in [4.78, 5) is 42.0. The van der Waals surface area contributed by atoms with Crippen molar-refractivity contribution in [3.05, 3.63) is 54.1 Å². The van der Waals surface area contributed by atoms with E-state index in [4.69, 9.17) is 0 Å². The molecular formula is C19H17N3O4. The molecule has 2 aromatic carbocycles. The first-order valence-corrected chi connectivity index (χ1v) is 8.02. The van der Waals surface area contributed by atoms with Gasteiger partial charge in [0.25, 0.3) is 0 Å². The fourth-order valence-electron chi connectivity index (χ4n) is 2.65. The summed E-state index contributed by atoms with van der Waals surface area (Å²) < 4.78 is 0. The Morgan fingerprint density at radius 2 is 1.69 bits per heavy atom. The number of likely N-dealkylation sites (tertiary alicyclic amines) is 1. The normalized spacial score (nSPS) is 14.7. The van der Waals surface area contributed by atoms with Crippen molar-refractivity contribution >= 4 is 35.4 Å². The van der Waals surface area contributed by atoms with E-state index in [0.29, 0.717) is 23.3 Å². The molecule has 132 valence electrons. The van der Waals surface area contributed by atoms with Gasteiger partial charge in [0.05, 0.1) is 11.3 Å². The number of benzene rings is 2. The van der Waals surface area contributed by atoms with Gasteiger partial charge in [-0.05, 0) is 36.4 Å². The van der Waals surface area contributed by atoms with Crippen molar-refractivity contribution in [2.24, 2.45) is 4.99 Å². The minimum absolute atomic E-state index is 0.0731. The van der Waals surface area contributed by atoms with Crippen molar-refractivity contribution in [1.29, 1.82) is 0 Å². The fourth-order valence-corrected chi connectivity index (χ4v) is 2.65. The molecule has 0 bridgehead atoms. The van der Waals surface area contributed by atoms with Gasteiger partial charge in [-0.3, -0.25) is 14.4 Å². The van der Waals surface area contributed by atoms with Crippen LogP contribution in [0.25, 0.3) is 0 Å². The van der Waals surface area contributed by atoms with Crippen LogP contribution in [0.15, 0.2) is 53.5 Å². The van der Waals surface area contributed by atoms with Crippen molar-refractivity contribution in [2.45, 2.75) is 12.8 Å².